The van der Waals surface area contributed by atoms with E-state index in [1.807, 2.05) is 0 Å². The van der Waals surface area contributed by atoms with Crippen LogP contribution in [-0.4, -0.2) is 31.7 Å². The Hall–Kier alpha value is -1.41. The van der Waals surface area contributed by atoms with E-state index >= 15 is 0 Å². The van der Waals surface area contributed by atoms with Crippen LogP contribution in [0.2, 0.25) is 5.02 Å². The highest BCUT2D eigenvalue weighted by atomic mass is 79.9. The van der Waals surface area contributed by atoms with E-state index in [1.165, 1.54) is 16.4 Å². The van der Waals surface area contributed by atoms with Crippen LogP contribution in [0, 0.1) is 0 Å². The van der Waals surface area contributed by atoms with E-state index in [9.17, 15) is 13.2 Å². The van der Waals surface area contributed by atoms with Crippen LogP contribution in [0.5, 0.6) is 0 Å². The number of halogens is 2. The average Bonchev–Trinajstić information content (AvgIpc) is 2.55. The minimum Gasteiger partial charge on any atom is -0.353 e. The van der Waals surface area contributed by atoms with Gasteiger partial charge in [0.2, 0.25) is 15.9 Å². The lowest BCUT2D eigenvalue weighted by Crippen LogP contribution is -2.52. The molecule has 0 aromatic heterocycles. The molecule has 0 saturated carbocycles. The number of hydrogen-bond acceptors (Lipinski definition) is 3. The van der Waals surface area contributed by atoms with Crippen LogP contribution >= 0.6 is 27.5 Å². The highest BCUT2D eigenvalue weighted by molar-refractivity contribution is 9.10. The number of piperazine rings is 1. The smallest absolute Gasteiger partial charge is 0.244 e. The summed E-state index contributed by atoms with van der Waals surface area (Å²) < 4.78 is 28.0. The van der Waals surface area contributed by atoms with Gasteiger partial charge in [-0.1, -0.05) is 39.7 Å². The monoisotopic (exact) mass is 428 g/mol. The number of rotatable bonds is 3. The molecule has 1 amide bonds. The molecule has 1 aliphatic rings. The molecule has 8 heteroatoms. The van der Waals surface area contributed by atoms with E-state index in [0.29, 0.717) is 10.6 Å². The van der Waals surface area contributed by atoms with Gasteiger partial charge in [0.05, 0.1) is 4.90 Å². The molecule has 126 valence electrons. The molecule has 1 saturated heterocycles. The van der Waals surface area contributed by atoms with Gasteiger partial charge in [0.25, 0.3) is 0 Å². The highest BCUT2D eigenvalue weighted by Crippen LogP contribution is 2.31. The fourth-order valence-electron chi connectivity index (χ4n) is 2.64. The number of benzene rings is 2. The summed E-state index contributed by atoms with van der Waals surface area (Å²) in [6.45, 7) is 0.465. The van der Waals surface area contributed by atoms with Crippen LogP contribution in [0.25, 0.3) is 0 Å². The molecule has 3 rings (SSSR count). The fourth-order valence-corrected chi connectivity index (χ4v) is 4.68. The van der Waals surface area contributed by atoms with Gasteiger partial charge < -0.3 is 5.32 Å². The molecular weight excluding hydrogens is 416 g/mol. The Labute approximate surface area is 153 Å². The predicted molar refractivity (Wildman–Crippen MR) is 95.2 cm³/mol. The SMILES string of the molecule is O=C1NCCN(S(=O)(=O)c2ccc(Br)cc2)C1c1cccc(Cl)c1. The Kier molecular flexibility index (Phi) is 4.96. The molecule has 1 heterocycles. The zero-order chi connectivity index (χ0) is 17.3. The summed E-state index contributed by atoms with van der Waals surface area (Å²) in [6.07, 6.45) is 0. The van der Waals surface area contributed by atoms with Crippen LogP contribution in [0.1, 0.15) is 11.6 Å². The van der Waals surface area contributed by atoms with Crippen molar-refractivity contribution >= 4 is 43.5 Å². The van der Waals surface area contributed by atoms with Crippen molar-refractivity contribution in [1.29, 1.82) is 0 Å². The molecule has 1 fully saturated rings. The van der Waals surface area contributed by atoms with Gasteiger partial charge in [-0.2, -0.15) is 4.31 Å². The molecule has 2 aromatic rings. The van der Waals surface area contributed by atoms with E-state index in [0.717, 1.165) is 4.47 Å². The standard InChI is InChI=1S/C16H14BrClN2O3S/c17-12-4-6-14(7-5-12)24(22,23)20-9-8-19-16(21)15(20)11-2-1-3-13(18)10-11/h1-7,10,15H,8-9H2,(H,19,21). The normalized spacial score (nSPS) is 19.1. The Bertz CT molecular complexity index is 871. The Balaban J connectivity index is 2.06. The molecule has 0 bridgehead atoms. The summed E-state index contributed by atoms with van der Waals surface area (Å²) in [7, 11) is -3.81. The topological polar surface area (TPSA) is 66.5 Å². The van der Waals surface area contributed by atoms with Crippen molar-refractivity contribution in [1.82, 2.24) is 9.62 Å². The minimum absolute atomic E-state index is 0.146. The van der Waals surface area contributed by atoms with Gasteiger partial charge in [-0.15, -0.1) is 0 Å². The summed E-state index contributed by atoms with van der Waals surface area (Å²) in [5, 5.41) is 3.17. The molecule has 1 aliphatic heterocycles. The number of nitrogens with one attached hydrogen (secondary N) is 1. The number of sulfonamides is 1. The first-order chi connectivity index (χ1) is 11.4. The molecule has 2 aromatic carbocycles. The van der Waals surface area contributed by atoms with E-state index in [4.69, 9.17) is 11.6 Å². The summed E-state index contributed by atoms with van der Waals surface area (Å²) >= 11 is 9.29. The van der Waals surface area contributed by atoms with Crippen LogP contribution < -0.4 is 5.32 Å². The predicted octanol–water partition coefficient (Wildman–Crippen LogP) is 2.96. The second-order valence-electron chi connectivity index (χ2n) is 5.32. The van der Waals surface area contributed by atoms with Gasteiger partial charge in [0.15, 0.2) is 0 Å². The Morgan fingerprint density at radius 2 is 1.88 bits per heavy atom. The Morgan fingerprint density at radius 3 is 2.54 bits per heavy atom. The van der Waals surface area contributed by atoms with Gasteiger partial charge in [-0.05, 0) is 42.0 Å². The molecule has 24 heavy (non-hydrogen) atoms. The van der Waals surface area contributed by atoms with Crippen molar-refractivity contribution in [2.24, 2.45) is 0 Å². The van der Waals surface area contributed by atoms with Gasteiger partial charge >= 0.3 is 0 Å². The average molecular weight is 430 g/mol. The van der Waals surface area contributed by atoms with Gasteiger partial charge in [0, 0.05) is 22.6 Å². The third-order valence-corrected chi connectivity index (χ3v) is 6.39. The molecule has 5 nitrogen and oxygen atoms in total. The van der Waals surface area contributed by atoms with E-state index in [2.05, 4.69) is 21.2 Å². The lowest BCUT2D eigenvalue weighted by Gasteiger charge is -2.34. The third kappa shape index (κ3) is 3.35. The van der Waals surface area contributed by atoms with Crippen molar-refractivity contribution in [2.45, 2.75) is 10.9 Å². The van der Waals surface area contributed by atoms with Crippen molar-refractivity contribution < 1.29 is 13.2 Å². The summed E-state index contributed by atoms with van der Waals surface area (Å²) in [6, 6.07) is 12.1. The number of nitrogens with zero attached hydrogens (tertiary/aromatic N) is 1. The number of carbonyl (C=O) groups excluding carboxylic acids is 1. The molecule has 0 spiro atoms. The van der Waals surface area contributed by atoms with E-state index in [-0.39, 0.29) is 23.9 Å². The maximum absolute atomic E-state index is 13.0. The largest absolute Gasteiger partial charge is 0.353 e. The number of hydrogen-bond donors (Lipinski definition) is 1. The molecule has 1 atom stereocenters. The van der Waals surface area contributed by atoms with Crippen molar-refractivity contribution in [3.05, 3.63) is 63.6 Å². The second-order valence-corrected chi connectivity index (χ2v) is 8.56. The molecule has 0 aliphatic carbocycles. The van der Waals surface area contributed by atoms with Crippen molar-refractivity contribution in [3.63, 3.8) is 0 Å². The summed E-state index contributed by atoms with van der Waals surface area (Å²) in [4.78, 5) is 12.5. The fraction of sp³-hybridized carbons (Fsp3) is 0.188. The van der Waals surface area contributed by atoms with Crippen molar-refractivity contribution in [3.8, 4) is 0 Å². The molecule has 0 radical (unpaired) electrons. The lowest BCUT2D eigenvalue weighted by atomic mass is 10.0. The van der Waals surface area contributed by atoms with Crippen molar-refractivity contribution in [2.75, 3.05) is 13.1 Å². The quantitative estimate of drug-likeness (QED) is 0.816. The zero-order valence-electron chi connectivity index (χ0n) is 12.4. The first kappa shape index (κ1) is 17.4. The molecular formula is C16H14BrClN2O3S. The van der Waals surface area contributed by atoms with Crippen LogP contribution in [0.4, 0.5) is 0 Å². The summed E-state index contributed by atoms with van der Waals surface area (Å²) in [5.41, 5.74) is 0.542. The van der Waals surface area contributed by atoms with Gasteiger partial charge in [0.1, 0.15) is 6.04 Å². The number of amides is 1. The highest BCUT2D eigenvalue weighted by Gasteiger charge is 2.39. The molecule has 1 unspecified atom stereocenters. The summed E-state index contributed by atoms with van der Waals surface area (Å²) in [5.74, 6) is -0.357. The zero-order valence-corrected chi connectivity index (χ0v) is 15.6. The maximum atomic E-state index is 13.0. The van der Waals surface area contributed by atoms with Crippen LogP contribution in [0.3, 0.4) is 0 Å². The van der Waals surface area contributed by atoms with Gasteiger partial charge in [-0.25, -0.2) is 8.42 Å². The minimum atomic E-state index is -3.81. The maximum Gasteiger partial charge on any atom is 0.244 e. The van der Waals surface area contributed by atoms with Crippen LogP contribution in [-0.2, 0) is 14.8 Å². The third-order valence-electron chi connectivity index (χ3n) is 3.75. The lowest BCUT2D eigenvalue weighted by molar-refractivity contribution is -0.126. The van der Waals surface area contributed by atoms with Gasteiger partial charge in [-0.3, -0.25) is 4.79 Å². The van der Waals surface area contributed by atoms with E-state index in [1.54, 1.807) is 36.4 Å². The molecule has 1 N–H and O–H groups in total. The number of carbonyl (C=O) groups is 1. The first-order valence-corrected chi connectivity index (χ1v) is 9.81. The second kappa shape index (κ2) is 6.84. The van der Waals surface area contributed by atoms with E-state index < -0.39 is 16.1 Å². The van der Waals surface area contributed by atoms with Crippen LogP contribution in [0.15, 0.2) is 57.9 Å². The Morgan fingerprint density at radius 1 is 1.17 bits per heavy atom. The first-order valence-electron chi connectivity index (χ1n) is 7.20.